The minimum Gasteiger partial charge on any atom is -0.478 e. The first-order valence-electron chi connectivity index (χ1n) is 18.7. The molecule has 0 saturated carbocycles. The van der Waals surface area contributed by atoms with Gasteiger partial charge in [0.1, 0.15) is 34.4 Å². The number of hydrogen-bond donors (Lipinski definition) is 1. The van der Waals surface area contributed by atoms with E-state index in [0.29, 0.717) is 58.5 Å². The third-order valence-corrected chi connectivity index (χ3v) is 11.8. The third kappa shape index (κ3) is 9.53. The maximum atomic E-state index is 14.1. The Balaban J connectivity index is 1.14. The number of piperazine rings is 1. The van der Waals surface area contributed by atoms with Gasteiger partial charge in [0, 0.05) is 56.6 Å². The summed E-state index contributed by atoms with van der Waals surface area (Å²) in [5, 5.41) is 11.5. The Morgan fingerprint density at radius 3 is 2.60 bits per heavy atom. The van der Waals surface area contributed by atoms with Gasteiger partial charge in [-0.15, -0.1) is 11.3 Å². The summed E-state index contributed by atoms with van der Waals surface area (Å²) in [5.41, 5.74) is 4.13. The summed E-state index contributed by atoms with van der Waals surface area (Å²) >= 11 is 8.25. The van der Waals surface area contributed by atoms with Crippen LogP contribution in [0, 0.1) is 12.7 Å². The van der Waals surface area contributed by atoms with Crippen molar-refractivity contribution in [3.63, 3.8) is 0 Å². The number of aliphatic carboxylic acids is 1. The molecule has 1 N–H and O–H groups in total. The van der Waals surface area contributed by atoms with Crippen LogP contribution in [0.2, 0.25) is 5.02 Å². The standard InChI is InChI=1S/C41H45ClFN5O6S/c1-26-29(24-44-39(36(26)42)52-22-20-48-18-16-47(2)17-19-48)12-15-31-35-38(45-25-46-40(35)55-37(31)27-10-13-30(43)14-11-27)54-33(41(49)50)23-28-7-3-4-8-32(28)53-34-9-5-6-21-51-34/h3-4,7-8,10-11,13-14,24-25,33-34H,5-6,9,12,15-23H2,1-2H3,(H,49,50)/t33-,34?/m1/s1. The highest BCUT2D eigenvalue weighted by Crippen LogP contribution is 2.42. The maximum Gasteiger partial charge on any atom is 0.345 e. The lowest BCUT2D eigenvalue weighted by Crippen LogP contribution is -2.45. The fourth-order valence-electron chi connectivity index (χ4n) is 6.92. The number of nitrogens with zero attached hydrogens (tertiary/aromatic N) is 5. The van der Waals surface area contributed by atoms with E-state index in [1.54, 1.807) is 18.3 Å². The number of fused-ring (bicyclic) bond motifs is 1. The van der Waals surface area contributed by atoms with Gasteiger partial charge in [0.25, 0.3) is 0 Å². The van der Waals surface area contributed by atoms with Gasteiger partial charge in [-0.3, -0.25) is 4.90 Å². The number of hydrogen-bond acceptors (Lipinski definition) is 11. The smallest absolute Gasteiger partial charge is 0.345 e. The van der Waals surface area contributed by atoms with Crippen molar-refractivity contribution in [2.75, 3.05) is 53.0 Å². The molecule has 2 fully saturated rings. The minimum absolute atomic E-state index is 0.0289. The Bertz CT molecular complexity index is 2090. The molecule has 3 aromatic heterocycles. The second kappa shape index (κ2) is 18.0. The molecule has 7 rings (SSSR count). The number of para-hydroxylation sites is 1. The van der Waals surface area contributed by atoms with E-state index < -0.39 is 12.1 Å². The topological polar surface area (TPSA) is 119 Å². The Labute approximate surface area is 329 Å². The predicted molar refractivity (Wildman–Crippen MR) is 210 cm³/mol. The zero-order valence-electron chi connectivity index (χ0n) is 31.0. The van der Waals surface area contributed by atoms with Gasteiger partial charge in [-0.05, 0) is 85.7 Å². The summed E-state index contributed by atoms with van der Waals surface area (Å²) in [6, 6.07) is 13.6. The monoisotopic (exact) mass is 789 g/mol. The van der Waals surface area contributed by atoms with Crippen LogP contribution in [0.5, 0.6) is 17.5 Å². The van der Waals surface area contributed by atoms with Crippen molar-refractivity contribution in [2.45, 2.75) is 57.8 Å². The van der Waals surface area contributed by atoms with E-state index in [-0.39, 0.29) is 24.4 Å². The van der Waals surface area contributed by atoms with Crippen LogP contribution in [0.1, 0.15) is 41.5 Å². The van der Waals surface area contributed by atoms with Crippen molar-refractivity contribution < 1.29 is 33.2 Å². The van der Waals surface area contributed by atoms with Crippen LogP contribution < -0.4 is 14.2 Å². The number of ether oxygens (including phenoxy) is 4. The maximum absolute atomic E-state index is 14.1. The lowest BCUT2D eigenvalue weighted by molar-refractivity contribution is -0.145. The van der Waals surface area contributed by atoms with Crippen LogP contribution in [0.25, 0.3) is 20.7 Å². The number of rotatable bonds is 15. The molecule has 290 valence electrons. The zero-order chi connectivity index (χ0) is 38.3. The van der Waals surface area contributed by atoms with Crippen LogP contribution in [0.4, 0.5) is 4.39 Å². The Hall–Kier alpha value is -4.40. The lowest BCUT2D eigenvalue weighted by atomic mass is 9.98. The second-order valence-electron chi connectivity index (χ2n) is 14.0. The van der Waals surface area contributed by atoms with Crippen molar-refractivity contribution in [3.8, 4) is 28.0 Å². The number of aromatic nitrogens is 3. The van der Waals surface area contributed by atoms with Gasteiger partial charge in [0.05, 0.1) is 12.0 Å². The van der Waals surface area contributed by atoms with E-state index in [2.05, 4.69) is 31.8 Å². The predicted octanol–water partition coefficient (Wildman–Crippen LogP) is 7.25. The number of pyridine rings is 1. The fourth-order valence-corrected chi connectivity index (χ4v) is 8.33. The molecule has 2 aliphatic heterocycles. The fraction of sp³-hybridized carbons (Fsp3) is 0.415. The molecule has 5 heterocycles. The molecule has 2 atom stereocenters. The summed E-state index contributed by atoms with van der Waals surface area (Å²) in [5.74, 6) is -0.370. The van der Waals surface area contributed by atoms with E-state index in [1.165, 1.54) is 29.8 Å². The van der Waals surface area contributed by atoms with E-state index >= 15 is 0 Å². The van der Waals surface area contributed by atoms with Gasteiger partial charge >= 0.3 is 5.97 Å². The lowest BCUT2D eigenvalue weighted by Gasteiger charge is -2.32. The quantitative estimate of drug-likeness (QED) is 0.116. The van der Waals surface area contributed by atoms with Gasteiger partial charge < -0.3 is 29.0 Å². The Morgan fingerprint density at radius 1 is 1.04 bits per heavy atom. The molecule has 2 saturated heterocycles. The second-order valence-corrected chi connectivity index (χ2v) is 15.3. The third-order valence-electron chi connectivity index (χ3n) is 10.2. The number of carboxylic acids is 1. The number of likely N-dealkylation sites (N-methyl/N-ethyl adjacent to an activating group) is 1. The van der Waals surface area contributed by atoms with Crippen LogP contribution in [0.3, 0.4) is 0 Å². The van der Waals surface area contributed by atoms with Gasteiger partial charge in [-0.2, -0.15) is 0 Å². The first-order chi connectivity index (χ1) is 26.7. The van der Waals surface area contributed by atoms with Gasteiger partial charge in [0.15, 0.2) is 6.29 Å². The SMILES string of the molecule is Cc1c(CCc2c(-c3ccc(F)cc3)sc3ncnc(O[C@H](Cc4ccccc4OC4CCCCO4)C(=O)O)c23)cnc(OCCN2CCN(C)CC2)c1Cl. The summed E-state index contributed by atoms with van der Waals surface area (Å²) in [6.45, 7) is 7.95. The first-order valence-corrected chi connectivity index (χ1v) is 19.9. The normalized spacial score (nSPS) is 17.3. The average Bonchev–Trinajstić information content (AvgIpc) is 3.57. The molecule has 2 aliphatic rings. The molecule has 14 heteroatoms. The molecule has 11 nitrogen and oxygen atoms in total. The highest BCUT2D eigenvalue weighted by Gasteiger charge is 2.28. The van der Waals surface area contributed by atoms with Crippen LogP contribution >= 0.6 is 22.9 Å². The molecule has 0 aliphatic carbocycles. The van der Waals surface area contributed by atoms with E-state index in [1.807, 2.05) is 31.2 Å². The number of thiophene rings is 1. The molecule has 0 spiro atoms. The summed E-state index contributed by atoms with van der Waals surface area (Å²) < 4.78 is 38.3. The summed E-state index contributed by atoms with van der Waals surface area (Å²) in [6.07, 6.45) is 5.32. The average molecular weight is 790 g/mol. The summed E-state index contributed by atoms with van der Waals surface area (Å²) in [7, 11) is 2.13. The highest BCUT2D eigenvalue weighted by molar-refractivity contribution is 7.22. The highest BCUT2D eigenvalue weighted by atomic mass is 35.5. The molecular weight excluding hydrogens is 745 g/mol. The molecule has 0 bridgehead atoms. The van der Waals surface area contributed by atoms with Crippen molar-refractivity contribution >= 4 is 39.1 Å². The van der Waals surface area contributed by atoms with Crippen LogP contribution in [-0.4, -0.2) is 101 Å². The number of aryl methyl sites for hydroxylation is 2. The molecule has 1 unspecified atom stereocenters. The minimum atomic E-state index is -1.29. The largest absolute Gasteiger partial charge is 0.478 e. The van der Waals surface area contributed by atoms with E-state index in [4.69, 9.17) is 30.5 Å². The summed E-state index contributed by atoms with van der Waals surface area (Å²) in [4.78, 5) is 32.6. The number of carboxylic acid groups (broad SMARTS) is 1. The molecule has 5 aromatic rings. The molecule has 0 radical (unpaired) electrons. The molecule has 0 amide bonds. The van der Waals surface area contributed by atoms with Crippen molar-refractivity contribution in [1.82, 2.24) is 24.8 Å². The van der Waals surface area contributed by atoms with Crippen molar-refractivity contribution in [3.05, 3.63) is 94.1 Å². The Morgan fingerprint density at radius 2 is 1.84 bits per heavy atom. The molecule has 2 aromatic carbocycles. The number of benzene rings is 2. The van der Waals surface area contributed by atoms with E-state index in [0.717, 1.165) is 79.1 Å². The molecular formula is C41H45ClFN5O6S. The zero-order valence-corrected chi connectivity index (χ0v) is 32.6. The number of carbonyl (C=O) groups is 1. The first kappa shape index (κ1) is 38.9. The Kier molecular flexibility index (Phi) is 12.7. The van der Waals surface area contributed by atoms with Crippen LogP contribution in [0.15, 0.2) is 61.1 Å². The van der Waals surface area contributed by atoms with Crippen molar-refractivity contribution in [2.24, 2.45) is 0 Å². The number of halogens is 2. The van der Waals surface area contributed by atoms with E-state index in [9.17, 15) is 14.3 Å². The van der Waals surface area contributed by atoms with Gasteiger partial charge in [-0.1, -0.05) is 41.9 Å². The van der Waals surface area contributed by atoms with Crippen molar-refractivity contribution in [1.29, 1.82) is 0 Å². The van der Waals surface area contributed by atoms with Gasteiger partial charge in [-0.25, -0.2) is 24.1 Å². The van der Waals surface area contributed by atoms with Crippen LogP contribution in [-0.2, 0) is 28.8 Å². The van der Waals surface area contributed by atoms with Gasteiger partial charge in [0.2, 0.25) is 17.9 Å². The molecule has 55 heavy (non-hydrogen) atoms.